The van der Waals surface area contributed by atoms with E-state index >= 15 is 0 Å². The fraction of sp³-hybridized carbons (Fsp3) is 0.444. The van der Waals surface area contributed by atoms with E-state index in [0.717, 1.165) is 0 Å². The molecule has 0 aromatic rings. The van der Waals surface area contributed by atoms with Crippen molar-refractivity contribution in [2.24, 2.45) is 0 Å². The molecule has 0 aliphatic heterocycles. The van der Waals surface area contributed by atoms with Crippen LogP contribution in [0.4, 0.5) is 0 Å². The zero-order chi connectivity index (χ0) is 9.56. The average molecular weight is 170 g/mol. The van der Waals surface area contributed by atoms with E-state index in [0.29, 0.717) is 5.57 Å². The van der Waals surface area contributed by atoms with Gasteiger partial charge in [0.05, 0.1) is 6.26 Å². The standard InChI is InChI=1S/C9H14O3/c1-5-6-11-8(4)12-9(10)7(2)3/h5-6,8H,2H2,1,3-4H3/b6-5+. The van der Waals surface area contributed by atoms with Crippen LogP contribution in [0.25, 0.3) is 0 Å². The lowest BCUT2D eigenvalue weighted by Gasteiger charge is -2.11. The van der Waals surface area contributed by atoms with Gasteiger partial charge in [0.25, 0.3) is 0 Å². The van der Waals surface area contributed by atoms with Crippen LogP contribution in [-0.4, -0.2) is 12.3 Å². The Kier molecular flexibility index (Phi) is 4.84. The minimum Gasteiger partial charge on any atom is -0.463 e. The normalized spacial score (nSPS) is 12.6. The van der Waals surface area contributed by atoms with Gasteiger partial charge < -0.3 is 9.47 Å². The summed E-state index contributed by atoms with van der Waals surface area (Å²) in [5.74, 6) is -0.438. The molecule has 0 aliphatic rings. The first-order valence-electron chi connectivity index (χ1n) is 3.71. The van der Waals surface area contributed by atoms with Gasteiger partial charge in [0, 0.05) is 12.5 Å². The minimum atomic E-state index is -0.564. The molecule has 0 saturated heterocycles. The highest BCUT2D eigenvalue weighted by Gasteiger charge is 2.08. The molecule has 3 heteroatoms. The molecule has 0 aromatic heterocycles. The average Bonchev–Trinajstić information content (AvgIpc) is 2.00. The van der Waals surface area contributed by atoms with Gasteiger partial charge in [-0.25, -0.2) is 4.79 Å². The van der Waals surface area contributed by atoms with E-state index < -0.39 is 12.3 Å². The predicted octanol–water partition coefficient (Wildman–Crippen LogP) is 2.00. The summed E-state index contributed by atoms with van der Waals surface area (Å²) < 4.78 is 9.75. The van der Waals surface area contributed by atoms with E-state index in [2.05, 4.69) is 6.58 Å². The lowest BCUT2D eigenvalue weighted by molar-refractivity contribution is -0.160. The number of rotatable bonds is 4. The number of esters is 1. The van der Waals surface area contributed by atoms with Crippen molar-refractivity contribution in [2.75, 3.05) is 0 Å². The molecule has 0 rings (SSSR count). The fourth-order valence-corrected chi connectivity index (χ4v) is 0.468. The molecule has 68 valence electrons. The van der Waals surface area contributed by atoms with Crippen LogP contribution in [0.1, 0.15) is 20.8 Å². The van der Waals surface area contributed by atoms with E-state index in [9.17, 15) is 4.79 Å². The highest BCUT2D eigenvalue weighted by molar-refractivity contribution is 5.86. The molecule has 0 saturated carbocycles. The smallest absolute Gasteiger partial charge is 0.336 e. The highest BCUT2D eigenvalue weighted by Crippen LogP contribution is 1.99. The Balaban J connectivity index is 3.76. The Hall–Kier alpha value is -1.25. The Morgan fingerprint density at radius 1 is 1.58 bits per heavy atom. The van der Waals surface area contributed by atoms with Gasteiger partial charge in [-0.15, -0.1) is 0 Å². The molecule has 1 atom stereocenters. The second-order valence-electron chi connectivity index (χ2n) is 2.36. The maximum Gasteiger partial charge on any atom is 0.336 e. The quantitative estimate of drug-likeness (QED) is 0.280. The third-order valence-electron chi connectivity index (χ3n) is 1.03. The molecule has 0 spiro atoms. The summed E-state index contributed by atoms with van der Waals surface area (Å²) in [7, 11) is 0. The summed E-state index contributed by atoms with van der Waals surface area (Å²) in [6, 6.07) is 0. The maximum atomic E-state index is 10.9. The Labute approximate surface area is 72.7 Å². The van der Waals surface area contributed by atoms with Crippen LogP contribution in [0.2, 0.25) is 0 Å². The summed E-state index contributed by atoms with van der Waals surface area (Å²) in [6.07, 6.45) is 2.62. The molecular weight excluding hydrogens is 156 g/mol. The third kappa shape index (κ3) is 4.55. The van der Waals surface area contributed by atoms with E-state index in [1.165, 1.54) is 6.26 Å². The summed E-state index contributed by atoms with van der Waals surface area (Å²) >= 11 is 0. The molecule has 3 nitrogen and oxygen atoms in total. The molecule has 0 aliphatic carbocycles. The molecule has 0 radical (unpaired) electrons. The van der Waals surface area contributed by atoms with Gasteiger partial charge in [-0.1, -0.05) is 12.7 Å². The molecular formula is C9H14O3. The molecule has 0 aromatic carbocycles. The molecule has 0 N–H and O–H groups in total. The second-order valence-corrected chi connectivity index (χ2v) is 2.36. The number of carbonyl (C=O) groups excluding carboxylic acids is 1. The lowest BCUT2D eigenvalue weighted by atomic mass is 10.4. The van der Waals surface area contributed by atoms with Crippen molar-refractivity contribution in [2.45, 2.75) is 27.1 Å². The van der Waals surface area contributed by atoms with Gasteiger partial charge >= 0.3 is 5.97 Å². The number of hydrogen-bond acceptors (Lipinski definition) is 3. The van der Waals surface area contributed by atoms with Gasteiger partial charge in [0.15, 0.2) is 0 Å². The van der Waals surface area contributed by atoms with Crippen LogP contribution in [0.3, 0.4) is 0 Å². The summed E-state index contributed by atoms with van der Waals surface area (Å²) in [5.41, 5.74) is 0.367. The van der Waals surface area contributed by atoms with E-state index in [4.69, 9.17) is 9.47 Å². The van der Waals surface area contributed by atoms with Gasteiger partial charge in [-0.3, -0.25) is 0 Å². The summed E-state index contributed by atoms with van der Waals surface area (Å²) in [6.45, 7) is 8.48. The van der Waals surface area contributed by atoms with Crippen molar-refractivity contribution >= 4 is 5.97 Å². The monoisotopic (exact) mass is 170 g/mol. The van der Waals surface area contributed by atoms with Crippen molar-refractivity contribution in [3.05, 3.63) is 24.5 Å². The van der Waals surface area contributed by atoms with Crippen molar-refractivity contribution in [3.63, 3.8) is 0 Å². The molecule has 0 amide bonds. The third-order valence-corrected chi connectivity index (χ3v) is 1.03. The van der Waals surface area contributed by atoms with Gasteiger partial charge in [0.2, 0.25) is 6.29 Å². The first-order valence-corrected chi connectivity index (χ1v) is 3.71. The Bertz CT molecular complexity index is 194. The SMILES string of the molecule is C=C(C)C(=O)OC(C)O/C=C/C. The van der Waals surface area contributed by atoms with Crippen molar-refractivity contribution in [1.29, 1.82) is 0 Å². The first-order chi connectivity index (χ1) is 5.57. The summed E-state index contributed by atoms with van der Waals surface area (Å²) in [4.78, 5) is 10.9. The molecule has 0 fully saturated rings. The van der Waals surface area contributed by atoms with Crippen LogP contribution in [-0.2, 0) is 14.3 Å². The van der Waals surface area contributed by atoms with Crippen LogP contribution in [0, 0.1) is 0 Å². The first kappa shape index (κ1) is 10.8. The van der Waals surface area contributed by atoms with Crippen molar-refractivity contribution in [3.8, 4) is 0 Å². The zero-order valence-electron chi connectivity index (χ0n) is 7.66. The zero-order valence-corrected chi connectivity index (χ0v) is 7.66. The van der Waals surface area contributed by atoms with E-state index in [1.54, 1.807) is 19.9 Å². The number of carbonyl (C=O) groups is 1. The highest BCUT2D eigenvalue weighted by atomic mass is 16.7. The van der Waals surface area contributed by atoms with Gasteiger partial charge in [-0.2, -0.15) is 0 Å². The Morgan fingerprint density at radius 3 is 2.58 bits per heavy atom. The lowest BCUT2D eigenvalue weighted by Crippen LogP contribution is -2.16. The van der Waals surface area contributed by atoms with Crippen LogP contribution in [0.15, 0.2) is 24.5 Å². The van der Waals surface area contributed by atoms with Gasteiger partial charge in [0.1, 0.15) is 0 Å². The number of ether oxygens (including phenoxy) is 2. The van der Waals surface area contributed by atoms with Crippen LogP contribution >= 0.6 is 0 Å². The number of hydrogen-bond donors (Lipinski definition) is 0. The minimum absolute atomic E-state index is 0.367. The van der Waals surface area contributed by atoms with Crippen LogP contribution < -0.4 is 0 Å². The van der Waals surface area contributed by atoms with E-state index in [1.807, 2.05) is 6.92 Å². The molecule has 0 bridgehead atoms. The van der Waals surface area contributed by atoms with Gasteiger partial charge in [-0.05, 0) is 13.8 Å². The number of allylic oxidation sites excluding steroid dienone is 1. The van der Waals surface area contributed by atoms with Crippen molar-refractivity contribution < 1.29 is 14.3 Å². The molecule has 1 unspecified atom stereocenters. The maximum absolute atomic E-state index is 10.9. The van der Waals surface area contributed by atoms with E-state index in [-0.39, 0.29) is 0 Å². The Morgan fingerprint density at radius 2 is 2.17 bits per heavy atom. The van der Waals surface area contributed by atoms with Crippen LogP contribution in [0.5, 0.6) is 0 Å². The topological polar surface area (TPSA) is 35.5 Å². The molecule has 12 heavy (non-hydrogen) atoms. The van der Waals surface area contributed by atoms with Crippen molar-refractivity contribution in [1.82, 2.24) is 0 Å². The summed E-state index contributed by atoms with van der Waals surface area (Å²) in [5, 5.41) is 0. The second kappa shape index (κ2) is 5.41. The fourth-order valence-electron chi connectivity index (χ4n) is 0.468. The largest absolute Gasteiger partial charge is 0.463 e. The predicted molar refractivity (Wildman–Crippen MR) is 46.3 cm³/mol. The molecule has 0 heterocycles.